The molecular weight excluding hydrogens is 184 g/mol. The Morgan fingerprint density at radius 2 is 2.15 bits per heavy atom. The fourth-order valence-electron chi connectivity index (χ4n) is 1.62. The van der Waals surface area contributed by atoms with Gasteiger partial charge >= 0.3 is 0 Å². The molecule has 2 rings (SSSR count). The van der Waals surface area contributed by atoms with E-state index in [0.717, 1.165) is 17.7 Å². The first-order valence-corrected chi connectivity index (χ1v) is 5.46. The van der Waals surface area contributed by atoms with Gasteiger partial charge in [0.05, 0.1) is 0 Å². The first-order valence-electron chi connectivity index (χ1n) is 4.41. The van der Waals surface area contributed by atoms with E-state index in [1.54, 1.807) is 12.1 Å². The number of hydrogen-bond acceptors (Lipinski definition) is 3. The van der Waals surface area contributed by atoms with E-state index in [1.807, 2.05) is 11.8 Å². The van der Waals surface area contributed by atoms with E-state index in [9.17, 15) is 10.2 Å². The largest absolute Gasteiger partial charge is 0.508 e. The minimum Gasteiger partial charge on any atom is -0.508 e. The van der Waals surface area contributed by atoms with Gasteiger partial charge in [-0.3, -0.25) is 0 Å². The zero-order valence-electron chi connectivity index (χ0n) is 7.23. The normalized spacial score (nSPS) is 22.0. The van der Waals surface area contributed by atoms with Crippen LogP contribution < -0.4 is 0 Å². The predicted octanol–water partition coefficient (Wildman–Crippen LogP) is 2.67. The average Bonchev–Trinajstić information content (AvgIpc) is 2.61. The molecule has 0 aliphatic carbocycles. The number of phenolic OH excluding ortho intramolecular Hbond substituents is 2. The third-order valence-electron chi connectivity index (χ3n) is 2.29. The lowest BCUT2D eigenvalue weighted by Crippen LogP contribution is -1.88. The molecular formula is C10H12O2S. The number of hydrogen-bond donors (Lipinski definition) is 2. The van der Waals surface area contributed by atoms with Crippen molar-refractivity contribution in [2.45, 2.75) is 18.1 Å². The van der Waals surface area contributed by atoms with E-state index >= 15 is 0 Å². The van der Waals surface area contributed by atoms with Crippen LogP contribution in [0.1, 0.15) is 23.7 Å². The van der Waals surface area contributed by atoms with E-state index in [4.69, 9.17) is 0 Å². The second kappa shape index (κ2) is 3.50. The van der Waals surface area contributed by atoms with Crippen LogP contribution in [0.5, 0.6) is 11.5 Å². The van der Waals surface area contributed by atoms with Gasteiger partial charge in [0, 0.05) is 10.8 Å². The lowest BCUT2D eigenvalue weighted by Gasteiger charge is -2.10. The van der Waals surface area contributed by atoms with Crippen LogP contribution in [0, 0.1) is 0 Å². The van der Waals surface area contributed by atoms with Gasteiger partial charge < -0.3 is 10.2 Å². The summed E-state index contributed by atoms with van der Waals surface area (Å²) in [4.78, 5) is 0. The topological polar surface area (TPSA) is 40.5 Å². The second-order valence-corrected chi connectivity index (χ2v) is 4.56. The molecule has 1 unspecified atom stereocenters. The maximum atomic E-state index is 9.57. The molecule has 2 nitrogen and oxygen atoms in total. The van der Waals surface area contributed by atoms with Gasteiger partial charge in [-0.2, -0.15) is 11.8 Å². The molecule has 1 aliphatic rings. The molecule has 0 saturated carbocycles. The summed E-state index contributed by atoms with van der Waals surface area (Å²) < 4.78 is 0. The number of thioether (sulfide) groups is 1. The number of aromatic hydroxyl groups is 2. The summed E-state index contributed by atoms with van der Waals surface area (Å²) in [7, 11) is 0. The highest BCUT2D eigenvalue weighted by Gasteiger charge is 2.20. The molecule has 1 aromatic carbocycles. The van der Waals surface area contributed by atoms with Crippen molar-refractivity contribution in [3.63, 3.8) is 0 Å². The van der Waals surface area contributed by atoms with E-state index in [0.29, 0.717) is 11.0 Å². The van der Waals surface area contributed by atoms with E-state index < -0.39 is 0 Å². The van der Waals surface area contributed by atoms with Crippen molar-refractivity contribution in [3.8, 4) is 11.5 Å². The maximum absolute atomic E-state index is 9.57. The molecule has 13 heavy (non-hydrogen) atoms. The molecule has 1 atom stereocenters. The maximum Gasteiger partial charge on any atom is 0.120 e. The summed E-state index contributed by atoms with van der Waals surface area (Å²) in [5.74, 6) is 1.69. The highest BCUT2D eigenvalue weighted by Crippen LogP contribution is 2.44. The van der Waals surface area contributed by atoms with Crippen molar-refractivity contribution in [1.82, 2.24) is 0 Å². The van der Waals surface area contributed by atoms with Gasteiger partial charge in [-0.15, -0.1) is 0 Å². The van der Waals surface area contributed by atoms with Crippen LogP contribution in [0.2, 0.25) is 0 Å². The van der Waals surface area contributed by atoms with Gasteiger partial charge in [0.1, 0.15) is 11.5 Å². The van der Waals surface area contributed by atoms with Crippen molar-refractivity contribution in [1.29, 1.82) is 0 Å². The number of rotatable bonds is 1. The number of benzene rings is 1. The molecule has 1 aromatic rings. The zero-order chi connectivity index (χ0) is 9.26. The van der Waals surface area contributed by atoms with Crippen molar-refractivity contribution in [2.75, 3.05) is 5.75 Å². The predicted molar refractivity (Wildman–Crippen MR) is 54.2 cm³/mol. The third kappa shape index (κ3) is 1.75. The highest BCUT2D eigenvalue weighted by molar-refractivity contribution is 7.99. The lowest BCUT2D eigenvalue weighted by atomic mass is 10.1. The van der Waals surface area contributed by atoms with Gasteiger partial charge in [-0.25, -0.2) is 0 Å². The Kier molecular flexibility index (Phi) is 2.36. The molecule has 3 heteroatoms. The smallest absolute Gasteiger partial charge is 0.120 e. The average molecular weight is 196 g/mol. The van der Waals surface area contributed by atoms with Gasteiger partial charge in [0.25, 0.3) is 0 Å². The van der Waals surface area contributed by atoms with Crippen molar-refractivity contribution < 1.29 is 10.2 Å². The second-order valence-electron chi connectivity index (χ2n) is 3.24. The molecule has 1 heterocycles. The highest BCUT2D eigenvalue weighted by atomic mass is 32.2. The summed E-state index contributed by atoms with van der Waals surface area (Å²) >= 11 is 1.85. The molecule has 2 N–H and O–H groups in total. The lowest BCUT2D eigenvalue weighted by molar-refractivity contribution is 0.453. The molecule has 0 aromatic heterocycles. The molecule has 1 saturated heterocycles. The summed E-state index contributed by atoms with van der Waals surface area (Å²) in [5, 5.41) is 19.2. The molecule has 0 bridgehead atoms. The van der Waals surface area contributed by atoms with Crippen molar-refractivity contribution >= 4 is 11.8 Å². The SMILES string of the molecule is Oc1ccc(O)c(C2CCCS2)c1. The van der Waals surface area contributed by atoms with Crippen LogP contribution in [-0.2, 0) is 0 Å². The minimum atomic E-state index is 0.236. The fraction of sp³-hybridized carbons (Fsp3) is 0.400. The quantitative estimate of drug-likeness (QED) is 0.678. The van der Waals surface area contributed by atoms with Crippen molar-refractivity contribution in [3.05, 3.63) is 23.8 Å². The minimum absolute atomic E-state index is 0.236. The Morgan fingerprint density at radius 1 is 1.31 bits per heavy atom. The van der Waals surface area contributed by atoms with Crippen molar-refractivity contribution in [2.24, 2.45) is 0 Å². The molecule has 1 aliphatic heterocycles. The first-order chi connectivity index (χ1) is 6.27. The first kappa shape index (κ1) is 8.75. The summed E-state index contributed by atoms with van der Waals surface area (Å²) in [6, 6.07) is 4.74. The number of phenols is 2. The summed E-state index contributed by atoms with van der Waals surface area (Å²) in [6.07, 6.45) is 2.30. The standard InChI is InChI=1S/C10H12O2S/c11-7-3-4-9(12)8(6-7)10-2-1-5-13-10/h3-4,6,10-12H,1-2,5H2. The monoisotopic (exact) mass is 196 g/mol. The van der Waals surface area contributed by atoms with Crippen LogP contribution >= 0.6 is 11.8 Å². The van der Waals surface area contributed by atoms with Gasteiger partial charge in [-0.1, -0.05) is 0 Å². The van der Waals surface area contributed by atoms with E-state index in [1.165, 1.54) is 12.5 Å². The van der Waals surface area contributed by atoms with Crippen LogP contribution in [0.3, 0.4) is 0 Å². The molecule has 70 valence electrons. The van der Waals surface area contributed by atoms with Crippen LogP contribution in [-0.4, -0.2) is 16.0 Å². The van der Waals surface area contributed by atoms with Crippen LogP contribution in [0.25, 0.3) is 0 Å². The fourth-order valence-corrected chi connectivity index (χ4v) is 2.94. The van der Waals surface area contributed by atoms with E-state index in [-0.39, 0.29) is 5.75 Å². The Labute approximate surface area is 81.6 Å². The third-order valence-corrected chi connectivity index (χ3v) is 3.70. The van der Waals surface area contributed by atoms with Crippen LogP contribution in [0.4, 0.5) is 0 Å². The Bertz CT molecular complexity index is 306. The Balaban J connectivity index is 2.32. The van der Waals surface area contributed by atoms with Gasteiger partial charge in [0.2, 0.25) is 0 Å². The molecule has 1 fully saturated rings. The van der Waals surface area contributed by atoms with E-state index in [2.05, 4.69) is 0 Å². The summed E-state index contributed by atoms with van der Waals surface area (Å²) in [5.41, 5.74) is 0.877. The van der Waals surface area contributed by atoms with Gasteiger partial charge in [0.15, 0.2) is 0 Å². The Hall–Kier alpha value is -0.830. The van der Waals surface area contributed by atoms with Gasteiger partial charge in [-0.05, 0) is 36.8 Å². The zero-order valence-corrected chi connectivity index (χ0v) is 8.05. The van der Waals surface area contributed by atoms with Crippen LogP contribution in [0.15, 0.2) is 18.2 Å². The molecule has 0 spiro atoms. The Morgan fingerprint density at radius 3 is 2.85 bits per heavy atom. The summed E-state index contributed by atoms with van der Waals surface area (Å²) in [6.45, 7) is 0. The molecule has 0 radical (unpaired) electrons. The molecule has 0 amide bonds.